The molecule has 90 valence electrons. The summed E-state index contributed by atoms with van der Waals surface area (Å²) in [6.07, 6.45) is 6.72. The van der Waals surface area contributed by atoms with Gasteiger partial charge in [0.1, 0.15) is 0 Å². The fraction of sp³-hybridized carbons (Fsp3) is 0.667. The van der Waals surface area contributed by atoms with E-state index in [4.69, 9.17) is 5.73 Å². The molecule has 1 aromatic heterocycles. The van der Waals surface area contributed by atoms with Crippen LogP contribution in [0.3, 0.4) is 0 Å². The SMILES string of the molecule is CCCC(CC)C(=O)[C@@H](N)Cc1cnc[nH]1. The first kappa shape index (κ1) is 12.9. The van der Waals surface area contributed by atoms with Gasteiger partial charge in [0.05, 0.1) is 12.4 Å². The largest absolute Gasteiger partial charge is 0.348 e. The summed E-state index contributed by atoms with van der Waals surface area (Å²) in [5, 5.41) is 0. The zero-order valence-corrected chi connectivity index (χ0v) is 10.1. The fourth-order valence-electron chi connectivity index (χ4n) is 1.93. The monoisotopic (exact) mass is 223 g/mol. The number of aromatic amines is 1. The predicted octanol–water partition coefficient (Wildman–Crippen LogP) is 1.67. The van der Waals surface area contributed by atoms with Crippen molar-refractivity contribution in [2.45, 2.75) is 45.6 Å². The summed E-state index contributed by atoms with van der Waals surface area (Å²) in [6, 6.07) is -0.406. The van der Waals surface area contributed by atoms with Crippen LogP contribution in [0.4, 0.5) is 0 Å². The van der Waals surface area contributed by atoms with Crippen LogP contribution in [0, 0.1) is 5.92 Å². The standard InChI is InChI=1S/C12H21N3O/c1-3-5-9(4-2)12(16)11(13)6-10-7-14-8-15-10/h7-9,11H,3-6,13H2,1-2H3,(H,14,15)/t9?,11-/m0/s1. The molecule has 3 N–H and O–H groups in total. The third-order valence-corrected chi connectivity index (χ3v) is 2.89. The van der Waals surface area contributed by atoms with Crippen molar-refractivity contribution in [3.63, 3.8) is 0 Å². The minimum absolute atomic E-state index is 0.114. The van der Waals surface area contributed by atoms with Crippen molar-refractivity contribution in [1.29, 1.82) is 0 Å². The lowest BCUT2D eigenvalue weighted by molar-refractivity contribution is -0.124. The summed E-state index contributed by atoms with van der Waals surface area (Å²) in [5.74, 6) is 0.293. The highest BCUT2D eigenvalue weighted by molar-refractivity contribution is 5.86. The molecule has 0 bridgehead atoms. The van der Waals surface area contributed by atoms with E-state index in [0.717, 1.165) is 25.0 Å². The van der Waals surface area contributed by atoms with Gasteiger partial charge in [0.15, 0.2) is 5.78 Å². The molecule has 4 heteroatoms. The number of ketones is 1. The molecule has 0 amide bonds. The number of carbonyl (C=O) groups is 1. The summed E-state index contributed by atoms with van der Waals surface area (Å²) in [4.78, 5) is 18.9. The maximum Gasteiger partial charge on any atom is 0.152 e. The van der Waals surface area contributed by atoms with Crippen molar-refractivity contribution in [2.24, 2.45) is 11.7 Å². The van der Waals surface area contributed by atoms with E-state index in [0.29, 0.717) is 6.42 Å². The Labute approximate surface area is 96.6 Å². The molecule has 4 nitrogen and oxygen atoms in total. The molecule has 0 saturated carbocycles. The number of H-pyrrole nitrogens is 1. The summed E-state index contributed by atoms with van der Waals surface area (Å²) in [7, 11) is 0. The molecule has 1 rings (SSSR count). The zero-order chi connectivity index (χ0) is 12.0. The number of imidazole rings is 1. The lowest BCUT2D eigenvalue weighted by Gasteiger charge is -2.17. The minimum Gasteiger partial charge on any atom is -0.348 e. The molecule has 0 aliphatic rings. The van der Waals surface area contributed by atoms with Gasteiger partial charge in [0.2, 0.25) is 0 Å². The molecule has 1 heterocycles. The van der Waals surface area contributed by atoms with Crippen LogP contribution in [0.15, 0.2) is 12.5 Å². The molecule has 0 fully saturated rings. The number of Topliss-reactive ketones (excluding diaryl/α,β-unsaturated/α-hetero) is 1. The summed E-state index contributed by atoms with van der Waals surface area (Å²) < 4.78 is 0. The van der Waals surface area contributed by atoms with Crippen molar-refractivity contribution in [1.82, 2.24) is 9.97 Å². The van der Waals surface area contributed by atoms with E-state index in [2.05, 4.69) is 16.9 Å². The number of hydrogen-bond donors (Lipinski definition) is 2. The Kier molecular flexibility index (Phi) is 5.19. The molecule has 2 atom stereocenters. The van der Waals surface area contributed by atoms with Crippen molar-refractivity contribution in [2.75, 3.05) is 0 Å². The first-order valence-corrected chi connectivity index (χ1v) is 5.95. The van der Waals surface area contributed by atoms with Crippen molar-refractivity contribution >= 4 is 5.78 Å². The fourth-order valence-corrected chi connectivity index (χ4v) is 1.93. The third-order valence-electron chi connectivity index (χ3n) is 2.89. The van der Waals surface area contributed by atoms with E-state index in [1.54, 1.807) is 12.5 Å². The highest BCUT2D eigenvalue weighted by Crippen LogP contribution is 2.14. The van der Waals surface area contributed by atoms with Crippen LogP contribution in [-0.2, 0) is 11.2 Å². The molecular weight excluding hydrogens is 202 g/mol. The maximum atomic E-state index is 12.0. The third kappa shape index (κ3) is 3.45. The van der Waals surface area contributed by atoms with E-state index in [1.807, 2.05) is 6.92 Å². The van der Waals surface area contributed by atoms with E-state index in [9.17, 15) is 4.79 Å². The van der Waals surface area contributed by atoms with E-state index >= 15 is 0 Å². The molecule has 0 radical (unpaired) electrons. The lowest BCUT2D eigenvalue weighted by atomic mass is 9.90. The number of nitrogens with one attached hydrogen (secondary N) is 1. The number of nitrogens with two attached hydrogens (primary N) is 1. The molecule has 0 aromatic carbocycles. The molecule has 16 heavy (non-hydrogen) atoms. The van der Waals surface area contributed by atoms with Crippen LogP contribution in [-0.4, -0.2) is 21.8 Å². The number of nitrogens with zero attached hydrogens (tertiary/aromatic N) is 1. The summed E-state index contributed by atoms with van der Waals surface area (Å²) in [5.41, 5.74) is 6.84. The zero-order valence-electron chi connectivity index (χ0n) is 10.1. The second kappa shape index (κ2) is 6.43. The first-order chi connectivity index (χ1) is 7.69. The molecule has 0 saturated heterocycles. The van der Waals surface area contributed by atoms with Crippen LogP contribution in [0.25, 0.3) is 0 Å². The molecule has 1 unspecified atom stereocenters. The molecule has 0 aliphatic heterocycles. The number of rotatable bonds is 7. The van der Waals surface area contributed by atoms with Gasteiger partial charge in [-0.15, -0.1) is 0 Å². The minimum atomic E-state index is -0.406. The smallest absolute Gasteiger partial charge is 0.152 e. The molecule has 0 aliphatic carbocycles. The van der Waals surface area contributed by atoms with Crippen molar-refractivity contribution in [3.8, 4) is 0 Å². The Morgan fingerprint density at radius 1 is 1.56 bits per heavy atom. The van der Waals surface area contributed by atoms with Crippen molar-refractivity contribution < 1.29 is 4.79 Å². The van der Waals surface area contributed by atoms with Gasteiger partial charge in [-0.2, -0.15) is 0 Å². The molecule has 1 aromatic rings. The Morgan fingerprint density at radius 2 is 2.31 bits per heavy atom. The van der Waals surface area contributed by atoms with Gasteiger partial charge >= 0.3 is 0 Å². The predicted molar refractivity (Wildman–Crippen MR) is 64.0 cm³/mol. The average molecular weight is 223 g/mol. The average Bonchev–Trinajstić information content (AvgIpc) is 2.77. The highest BCUT2D eigenvalue weighted by Gasteiger charge is 2.22. The second-order valence-electron chi connectivity index (χ2n) is 4.18. The van der Waals surface area contributed by atoms with E-state index < -0.39 is 6.04 Å². The van der Waals surface area contributed by atoms with Crippen LogP contribution >= 0.6 is 0 Å². The highest BCUT2D eigenvalue weighted by atomic mass is 16.1. The van der Waals surface area contributed by atoms with Gasteiger partial charge in [-0.1, -0.05) is 20.3 Å². The van der Waals surface area contributed by atoms with Crippen molar-refractivity contribution in [3.05, 3.63) is 18.2 Å². The quantitative estimate of drug-likeness (QED) is 0.738. The van der Waals surface area contributed by atoms with Gasteiger partial charge in [0.25, 0.3) is 0 Å². The lowest BCUT2D eigenvalue weighted by Crippen LogP contribution is -2.37. The van der Waals surface area contributed by atoms with E-state index in [1.165, 1.54) is 0 Å². The number of carbonyl (C=O) groups excluding carboxylic acids is 1. The van der Waals surface area contributed by atoms with Gasteiger partial charge in [-0.3, -0.25) is 4.79 Å². The van der Waals surface area contributed by atoms with Crippen LogP contribution in [0.1, 0.15) is 38.8 Å². The number of hydrogen-bond acceptors (Lipinski definition) is 3. The summed E-state index contributed by atoms with van der Waals surface area (Å²) in [6.45, 7) is 4.14. The van der Waals surface area contributed by atoms with Crippen LogP contribution < -0.4 is 5.73 Å². The molecular formula is C12H21N3O. The first-order valence-electron chi connectivity index (χ1n) is 5.95. The van der Waals surface area contributed by atoms with E-state index in [-0.39, 0.29) is 11.7 Å². The molecule has 0 spiro atoms. The Morgan fingerprint density at radius 3 is 2.81 bits per heavy atom. The second-order valence-corrected chi connectivity index (χ2v) is 4.18. The van der Waals surface area contributed by atoms with Crippen LogP contribution in [0.5, 0.6) is 0 Å². The van der Waals surface area contributed by atoms with Gasteiger partial charge in [-0.25, -0.2) is 4.98 Å². The normalized spacial score (nSPS) is 14.7. The summed E-state index contributed by atoms with van der Waals surface area (Å²) >= 11 is 0. The topological polar surface area (TPSA) is 71.8 Å². The van der Waals surface area contributed by atoms with Crippen LogP contribution in [0.2, 0.25) is 0 Å². The van der Waals surface area contributed by atoms with Gasteiger partial charge < -0.3 is 10.7 Å². The van der Waals surface area contributed by atoms with Gasteiger partial charge in [-0.05, 0) is 12.8 Å². The number of aromatic nitrogens is 2. The Hall–Kier alpha value is -1.16. The maximum absolute atomic E-state index is 12.0. The Balaban J connectivity index is 2.52. The van der Waals surface area contributed by atoms with Gasteiger partial charge in [0, 0.05) is 24.2 Å². The Bertz CT molecular complexity index is 308.